The van der Waals surface area contributed by atoms with E-state index in [-0.39, 0.29) is 5.92 Å². The summed E-state index contributed by atoms with van der Waals surface area (Å²) in [6.45, 7) is 4.31. The standard InChI is InChI=1S/C15H28N2O/c1-12-11-16-10-9-14(12)17-15(18)13-7-5-3-2-4-6-8-13/h12-14,16H,2-11H2,1H3,(H,17,18). The molecule has 1 aliphatic carbocycles. The fourth-order valence-corrected chi connectivity index (χ4v) is 3.25. The lowest BCUT2D eigenvalue weighted by Crippen LogP contribution is -2.49. The average molecular weight is 252 g/mol. The van der Waals surface area contributed by atoms with E-state index in [4.69, 9.17) is 0 Å². The molecule has 2 fully saturated rings. The maximum absolute atomic E-state index is 12.3. The summed E-state index contributed by atoms with van der Waals surface area (Å²) < 4.78 is 0. The molecule has 1 heterocycles. The van der Waals surface area contributed by atoms with Gasteiger partial charge in [-0.2, -0.15) is 0 Å². The zero-order valence-electron chi connectivity index (χ0n) is 11.7. The Balaban J connectivity index is 1.81. The van der Waals surface area contributed by atoms with E-state index in [9.17, 15) is 4.79 Å². The van der Waals surface area contributed by atoms with Gasteiger partial charge in [0.15, 0.2) is 0 Å². The van der Waals surface area contributed by atoms with Crippen LogP contribution in [-0.4, -0.2) is 25.0 Å². The van der Waals surface area contributed by atoms with Gasteiger partial charge in [0.1, 0.15) is 0 Å². The van der Waals surface area contributed by atoms with Crippen molar-refractivity contribution in [3.63, 3.8) is 0 Å². The van der Waals surface area contributed by atoms with Crippen LogP contribution in [0.15, 0.2) is 0 Å². The predicted molar refractivity (Wildman–Crippen MR) is 74.4 cm³/mol. The van der Waals surface area contributed by atoms with Gasteiger partial charge in [-0.3, -0.25) is 4.79 Å². The summed E-state index contributed by atoms with van der Waals surface area (Å²) in [7, 11) is 0. The molecule has 2 N–H and O–H groups in total. The quantitative estimate of drug-likeness (QED) is 0.792. The van der Waals surface area contributed by atoms with Crippen LogP contribution in [0.25, 0.3) is 0 Å². The Bertz CT molecular complexity index is 259. The minimum atomic E-state index is 0.285. The molecule has 2 rings (SSSR count). The summed E-state index contributed by atoms with van der Waals surface area (Å²) in [5, 5.41) is 6.69. The maximum atomic E-state index is 12.3. The molecule has 1 saturated carbocycles. The molecule has 18 heavy (non-hydrogen) atoms. The lowest BCUT2D eigenvalue weighted by atomic mass is 9.89. The van der Waals surface area contributed by atoms with Crippen LogP contribution in [0, 0.1) is 11.8 Å². The van der Waals surface area contributed by atoms with Crippen molar-refractivity contribution in [1.82, 2.24) is 10.6 Å². The second-order valence-corrected chi connectivity index (χ2v) is 6.13. The molecular formula is C15H28N2O. The third-order valence-corrected chi connectivity index (χ3v) is 4.59. The number of rotatable bonds is 2. The highest BCUT2D eigenvalue weighted by molar-refractivity contribution is 5.79. The van der Waals surface area contributed by atoms with Crippen LogP contribution < -0.4 is 10.6 Å². The van der Waals surface area contributed by atoms with Gasteiger partial charge in [-0.05, 0) is 38.3 Å². The van der Waals surface area contributed by atoms with E-state index in [2.05, 4.69) is 17.6 Å². The van der Waals surface area contributed by atoms with Crippen LogP contribution in [0.1, 0.15) is 58.3 Å². The molecule has 1 saturated heterocycles. The van der Waals surface area contributed by atoms with Gasteiger partial charge in [-0.25, -0.2) is 0 Å². The van der Waals surface area contributed by atoms with E-state index >= 15 is 0 Å². The highest BCUT2D eigenvalue weighted by atomic mass is 16.1. The number of hydrogen-bond acceptors (Lipinski definition) is 2. The Morgan fingerprint density at radius 3 is 2.39 bits per heavy atom. The van der Waals surface area contributed by atoms with Crippen LogP contribution in [0.5, 0.6) is 0 Å². The molecule has 2 aliphatic rings. The Kier molecular flexibility index (Phi) is 5.48. The molecule has 1 aliphatic heterocycles. The SMILES string of the molecule is CC1CNCCC1NC(=O)C1CCCCCCC1. The van der Waals surface area contributed by atoms with E-state index in [1.807, 2.05) is 0 Å². The largest absolute Gasteiger partial charge is 0.353 e. The first-order valence-electron chi connectivity index (χ1n) is 7.78. The molecule has 2 atom stereocenters. The zero-order valence-corrected chi connectivity index (χ0v) is 11.7. The fraction of sp³-hybridized carbons (Fsp3) is 0.933. The summed E-state index contributed by atoms with van der Waals surface area (Å²) in [6.07, 6.45) is 9.75. The topological polar surface area (TPSA) is 41.1 Å². The summed E-state index contributed by atoms with van der Waals surface area (Å²) >= 11 is 0. The zero-order chi connectivity index (χ0) is 12.8. The van der Waals surface area contributed by atoms with Gasteiger partial charge in [-0.15, -0.1) is 0 Å². The first-order valence-corrected chi connectivity index (χ1v) is 7.78. The average Bonchev–Trinajstić information content (AvgIpc) is 2.31. The number of hydrogen-bond donors (Lipinski definition) is 2. The van der Waals surface area contributed by atoms with Crippen LogP contribution in [-0.2, 0) is 4.79 Å². The number of carbonyl (C=O) groups is 1. The molecular weight excluding hydrogens is 224 g/mol. The molecule has 1 amide bonds. The van der Waals surface area contributed by atoms with Crippen molar-refractivity contribution in [3.05, 3.63) is 0 Å². The van der Waals surface area contributed by atoms with Crippen LogP contribution in [0.3, 0.4) is 0 Å². The Morgan fingerprint density at radius 1 is 1.06 bits per heavy atom. The lowest BCUT2D eigenvalue weighted by Gasteiger charge is -2.31. The third-order valence-electron chi connectivity index (χ3n) is 4.59. The summed E-state index contributed by atoms with van der Waals surface area (Å²) in [5.74, 6) is 1.18. The first-order chi connectivity index (χ1) is 8.77. The smallest absolute Gasteiger partial charge is 0.223 e. The number of piperidine rings is 1. The van der Waals surface area contributed by atoms with E-state index in [0.29, 0.717) is 17.9 Å². The number of nitrogens with one attached hydrogen (secondary N) is 2. The normalized spacial score (nSPS) is 31.4. The molecule has 0 aromatic rings. The molecule has 0 aromatic heterocycles. The molecule has 3 heteroatoms. The minimum Gasteiger partial charge on any atom is -0.353 e. The lowest BCUT2D eigenvalue weighted by molar-refractivity contribution is -0.126. The Morgan fingerprint density at radius 2 is 1.72 bits per heavy atom. The second-order valence-electron chi connectivity index (χ2n) is 6.13. The van der Waals surface area contributed by atoms with E-state index < -0.39 is 0 Å². The van der Waals surface area contributed by atoms with Gasteiger partial charge in [-0.1, -0.05) is 39.0 Å². The number of amides is 1. The van der Waals surface area contributed by atoms with Crippen molar-refractivity contribution in [2.24, 2.45) is 11.8 Å². The van der Waals surface area contributed by atoms with Crippen molar-refractivity contribution < 1.29 is 4.79 Å². The van der Waals surface area contributed by atoms with Crippen molar-refractivity contribution in [3.8, 4) is 0 Å². The molecule has 0 radical (unpaired) electrons. The Hall–Kier alpha value is -0.570. The van der Waals surface area contributed by atoms with E-state index in [0.717, 1.165) is 32.4 Å². The van der Waals surface area contributed by atoms with Crippen LogP contribution >= 0.6 is 0 Å². The molecule has 2 unspecified atom stereocenters. The van der Waals surface area contributed by atoms with Gasteiger partial charge < -0.3 is 10.6 Å². The van der Waals surface area contributed by atoms with Crippen molar-refractivity contribution in [2.75, 3.05) is 13.1 Å². The molecule has 0 spiro atoms. The monoisotopic (exact) mass is 252 g/mol. The molecule has 0 bridgehead atoms. The molecule has 3 nitrogen and oxygen atoms in total. The maximum Gasteiger partial charge on any atom is 0.223 e. The van der Waals surface area contributed by atoms with Gasteiger partial charge in [0.05, 0.1) is 0 Å². The highest BCUT2D eigenvalue weighted by Gasteiger charge is 2.26. The van der Waals surface area contributed by atoms with Gasteiger partial charge in [0.2, 0.25) is 5.91 Å². The fourth-order valence-electron chi connectivity index (χ4n) is 3.25. The minimum absolute atomic E-state index is 0.285. The van der Waals surface area contributed by atoms with Crippen molar-refractivity contribution >= 4 is 5.91 Å². The summed E-state index contributed by atoms with van der Waals surface area (Å²) in [4.78, 5) is 12.3. The molecule has 104 valence electrons. The second kappa shape index (κ2) is 7.13. The van der Waals surface area contributed by atoms with Gasteiger partial charge in [0.25, 0.3) is 0 Å². The number of carbonyl (C=O) groups excluding carboxylic acids is 1. The van der Waals surface area contributed by atoms with Gasteiger partial charge in [0, 0.05) is 12.0 Å². The summed E-state index contributed by atoms with van der Waals surface area (Å²) in [5.41, 5.74) is 0. The van der Waals surface area contributed by atoms with Crippen molar-refractivity contribution in [2.45, 2.75) is 64.3 Å². The van der Waals surface area contributed by atoms with E-state index in [1.165, 1.54) is 32.1 Å². The summed E-state index contributed by atoms with van der Waals surface area (Å²) in [6, 6.07) is 0.393. The third kappa shape index (κ3) is 3.98. The predicted octanol–water partition coefficient (Wildman–Crippen LogP) is 2.46. The van der Waals surface area contributed by atoms with Crippen LogP contribution in [0.2, 0.25) is 0 Å². The van der Waals surface area contributed by atoms with Gasteiger partial charge >= 0.3 is 0 Å². The van der Waals surface area contributed by atoms with E-state index in [1.54, 1.807) is 0 Å². The highest BCUT2D eigenvalue weighted by Crippen LogP contribution is 2.23. The first kappa shape index (κ1) is 13.9. The Labute approximate surface area is 111 Å². The molecule has 0 aromatic carbocycles. The van der Waals surface area contributed by atoms with Crippen molar-refractivity contribution in [1.29, 1.82) is 0 Å². The van der Waals surface area contributed by atoms with Crippen LogP contribution in [0.4, 0.5) is 0 Å².